The van der Waals surface area contributed by atoms with Crippen molar-refractivity contribution in [2.24, 2.45) is 4.99 Å². The summed E-state index contributed by atoms with van der Waals surface area (Å²) >= 11 is 1.37. The maximum Gasteiger partial charge on any atom is 0.338 e. The van der Waals surface area contributed by atoms with Crippen molar-refractivity contribution in [3.63, 3.8) is 0 Å². The largest absolute Gasteiger partial charge is 0.460 e. The number of fused-ring (bicyclic) bond motifs is 1. The van der Waals surface area contributed by atoms with Crippen molar-refractivity contribution in [2.75, 3.05) is 33.5 Å². The summed E-state index contributed by atoms with van der Waals surface area (Å²) in [5.74, 6) is -1.12. The Kier molecular flexibility index (Phi) is 8.02. The molecule has 0 radical (unpaired) electrons. The van der Waals surface area contributed by atoms with E-state index in [2.05, 4.69) is 10.3 Å². The van der Waals surface area contributed by atoms with Crippen LogP contribution in [-0.2, 0) is 23.8 Å². The summed E-state index contributed by atoms with van der Waals surface area (Å²) in [4.78, 5) is 32.2. The summed E-state index contributed by atoms with van der Waals surface area (Å²) in [7, 11) is 1.52. The van der Waals surface area contributed by atoms with E-state index >= 15 is 0 Å². The number of hydrogen-bond donors (Lipinski definition) is 1. The third kappa shape index (κ3) is 5.51. The number of nitrogens with one attached hydrogen (secondary N) is 1. The van der Waals surface area contributed by atoms with Crippen LogP contribution in [0.25, 0.3) is 0 Å². The number of carbonyl (C=O) groups is 2. The summed E-state index contributed by atoms with van der Waals surface area (Å²) in [5.41, 5.74) is 2.04. The molecule has 3 heterocycles. The van der Waals surface area contributed by atoms with Crippen molar-refractivity contribution in [1.82, 2.24) is 10.2 Å². The molecule has 1 aromatic carbocycles. The van der Waals surface area contributed by atoms with Crippen LogP contribution in [-0.4, -0.2) is 61.5 Å². The number of ether oxygens (including phenoxy) is 3. The third-order valence-electron chi connectivity index (χ3n) is 5.80. The first kappa shape index (κ1) is 24.4. The van der Waals surface area contributed by atoms with Crippen LogP contribution < -0.4 is 5.32 Å². The molecule has 3 aliphatic heterocycles. The van der Waals surface area contributed by atoms with Gasteiger partial charge in [-0.15, -0.1) is 0 Å². The van der Waals surface area contributed by atoms with E-state index in [-0.39, 0.29) is 31.6 Å². The van der Waals surface area contributed by atoms with Crippen LogP contribution in [0.5, 0.6) is 0 Å². The number of nitrogens with zero attached hydrogens (tertiary/aromatic N) is 2. The Morgan fingerprint density at radius 3 is 2.94 bits per heavy atom. The molecule has 0 aromatic heterocycles. The summed E-state index contributed by atoms with van der Waals surface area (Å²) in [5, 5.41) is 5.41. The first-order valence-corrected chi connectivity index (χ1v) is 12.1. The lowest BCUT2D eigenvalue weighted by molar-refractivity contribution is -0.141. The van der Waals surface area contributed by atoms with Gasteiger partial charge < -0.3 is 24.4 Å². The minimum absolute atomic E-state index is 0.0436. The third-order valence-corrected chi connectivity index (χ3v) is 6.69. The molecule has 2 atom stereocenters. The van der Waals surface area contributed by atoms with Crippen molar-refractivity contribution in [3.05, 3.63) is 58.0 Å². The van der Waals surface area contributed by atoms with Crippen LogP contribution in [0.2, 0.25) is 0 Å². The van der Waals surface area contributed by atoms with E-state index in [1.54, 1.807) is 19.1 Å². The Morgan fingerprint density at radius 1 is 1.35 bits per heavy atom. The van der Waals surface area contributed by atoms with E-state index in [4.69, 9.17) is 14.2 Å². The number of esters is 1. The number of halogens is 1. The number of rotatable bonds is 9. The minimum Gasteiger partial charge on any atom is -0.460 e. The molecular formula is C24H28FN3O5S. The molecule has 182 valence electrons. The van der Waals surface area contributed by atoms with Crippen LogP contribution in [0.15, 0.2) is 51.6 Å². The monoisotopic (exact) mass is 489 g/mol. The van der Waals surface area contributed by atoms with E-state index in [1.807, 2.05) is 10.3 Å². The summed E-state index contributed by atoms with van der Waals surface area (Å²) in [6.07, 6.45) is 2.07. The quantitative estimate of drug-likeness (QED) is 0.421. The van der Waals surface area contributed by atoms with Crippen LogP contribution in [0, 0.1) is 5.82 Å². The number of amides is 1. The molecule has 1 saturated heterocycles. The molecule has 8 nitrogen and oxygen atoms in total. The number of aliphatic imine (C=N–C) groups is 1. The molecule has 4 rings (SSSR count). The Hall–Kier alpha value is -2.69. The van der Waals surface area contributed by atoms with Gasteiger partial charge in [0.15, 0.2) is 5.17 Å². The van der Waals surface area contributed by atoms with Crippen molar-refractivity contribution < 1.29 is 28.2 Å². The van der Waals surface area contributed by atoms with Crippen molar-refractivity contribution in [3.8, 4) is 0 Å². The number of methoxy groups -OCH3 is 1. The van der Waals surface area contributed by atoms with Gasteiger partial charge in [-0.25, -0.2) is 14.2 Å². The fraction of sp³-hybridized carbons (Fsp3) is 0.458. The normalized spacial score (nSPS) is 21.8. The first-order valence-electron chi connectivity index (χ1n) is 11.2. The highest BCUT2D eigenvalue weighted by Gasteiger charge is 2.41. The number of allylic oxidation sites excluding steroid dienone is 1. The van der Waals surface area contributed by atoms with Gasteiger partial charge in [-0.2, -0.15) is 0 Å². The number of hydrogen-bond acceptors (Lipinski definition) is 8. The first-order chi connectivity index (χ1) is 16.5. The van der Waals surface area contributed by atoms with Crippen molar-refractivity contribution in [1.29, 1.82) is 0 Å². The Bertz CT molecular complexity index is 1040. The highest BCUT2D eigenvalue weighted by atomic mass is 32.2. The topological polar surface area (TPSA) is 89.5 Å². The molecule has 0 aliphatic carbocycles. The highest BCUT2D eigenvalue weighted by Crippen LogP contribution is 2.44. The number of thioether (sulfide) groups is 1. The zero-order chi connectivity index (χ0) is 24.1. The molecule has 1 amide bonds. The molecule has 2 unspecified atom stereocenters. The minimum atomic E-state index is -0.675. The van der Waals surface area contributed by atoms with Crippen LogP contribution in [0.3, 0.4) is 0 Å². The van der Waals surface area contributed by atoms with E-state index in [0.717, 1.165) is 19.4 Å². The zero-order valence-electron chi connectivity index (χ0n) is 19.2. The number of amidine groups is 1. The molecule has 1 aromatic rings. The zero-order valence-corrected chi connectivity index (χ0v) is 20.0. The van der Waals surface area contributed by atoms with Gasteiger partial charge in [-0.1, -0.05) is 23.9 Å². The highest BCUT2D eigenvalue weighted by molar-refractivity contribution is 8.16. The predicted molar refractivity (Wildman–Crippen MR) is 126 cm³/mol. The van der Waals surface area contributed by atoms with Gasteiger partial charge in [-0.05, 0) is 42.9 Å². The standard InChI is InChI=1S/C24H28FN3O5S/c1-15-21(23(30)33-10-9-31-2)22(16-5-3-6-17(25)11-16)28-18(14-34-24(28)27-15)12-20(29)26-13-19-7-4-8-32-19/h3,5-6,11,14,19,22H,4,7-10,12-13H2,1-2H3,(H,26,29). The van der Waals surface area contributed by atoms with E-state index in [1.165, 1.54) is 31.0 Å². The Balaban J connectivity index is 1.58. The molecule has 10 heteroatoms. The molecule has 34 heavy (non-hydrogen) atoms. The second-order valence-corrected chi connectivity index (χ2v) is 9.03. The van der Waals surface area contributed by atoms with Crippen molar-refractivity contribution >= 4 is 28.8 Å². The second kappa shape index (κ2) is 11.2. The summed E-state index contributed by atoms with van der Waals surface area (Å²) in [6.45, 7) is 3.26. The molecule has 0 bridgehead atoms. The smallest absolute Gasteiger partial charge is 0.338 e. The molecular weight excluding hydrogens is 461 g/mol. The van der Waals surface area contributed by atoms with Gasteiger partial charge in [0, 0.05) is 26.0 Å². The summed E-state index contributed by atoms with van der Waals surface area (Å²) in [6, 6.07) is 5.42. The maximum absolute atomic E-state index is 14.2. The lowest BCUT2D eigenvalue weighted by Gasteiger charge is -2.36. The van der Waals surface area contributed by atoms with Crippen LogP contribution in [0.1, 0.15) is 37.8 Å². The van der Waals surface area contributed by atoms with Crippen LogP contribution in [0.4, 0.5) is 4.39 Å². The van der Waals surface area contributed by atoms with Gasteiger partial charge >= 0.3 is 5.97 Å². The fourth-order valence-electron chi connectivity index (χ4n) is 4.18. The average Bonchev–Trinajstić information content (AvgIpc) is 3.47. The van der Waals surface area contributed by atoms with Gasteiger partial charge in [0.05, 0.1) is 36.4 Å². The number of carbonyl (C=O) groups excluding carboxylic acids is 2. The summed E-state index contributed by atoms with van der Waals surface area (Å²) < 4.78 is 30.2. The van der Waals surface area contributed by atoms with Gasteiger partial charge in [0.2, 0.25) is 5.91 Å². The van der Waals surface area contributed by atoms with Gasteiger partial charge in [-0.3, -0.25) is 4.79 Å². The maximum atomic E-state index is 14.2. The lowest BCUT2D eigenvalue weighted by Crippen LogP contribution is -2.39. The van der Waals surface area contributed by atoms with Gasteiger partial charge in [0.1, 0.15) is 12.4 Å². The van der Waals surface area contributed by atoms with Gasteiger partial charge in [0.25, 0.3) is 0 Å². The Labute approximate surface area is 202 Å². The molecule has 3 aliphatic rings. The number of benzene rings is 1. The fourth-order valence-corrected chi connectivity index (χ4v) is 5.14. The molecule has 0 saturated carbocycles. The van der Waals surface area contributed by atoms with E-state index in [9.17, 15) is 14.0 Å². The van der Waals surface area contributed by atoms with Crippen molar-refractivity contribution in [2.45, 2.75) is 38.3 Å². The van der Waals surface area contributed by atoms with E-state index in [0.29, 0.717) is 34.2 Å². The molecule has 1 N–H and O–H groups in total. The van der Waals surface area contributed by atoms with E-state index < -0.39 is 17.8 Å². The SMILES string of the molecule is COCCOC(=O)C1=C(C)N=C2SC=C(CC(=O)NCC3CCCO3)N2C1c1cccc(F)c1. The van der Waals surface area contributed by atoms with Crippen LogP contribution >= 0.6 is 11.8 Å². The second-order valence-electron chi connectivity index (χ2n) is 8.19. The average molecular weight is 490 g/mol. The molecule has 0 spiro atoms. The molecule has 1 fully saturated rings. The Morgan fingerprint density at radius 2 is 2.21 bits per heavy atom. The predicted octanol–water partition coefficient (Wildman–Crippen LogP) is 3.28. The lowest BCUT2D eigenvalue weighted by atomic mass is 9.93.